The topological polar surface area (TPSA) is 101 Å². The van der Waals surface area contributed by atoms with E-state index in [1.54, 1.807) is 0 Å². The standard InChI is InChI=1S/C23H17F6N5O/c24-15-6-8-17(20(27)10-15)22(35,12-34(31)13-33-30)23(28,29)21-9-5-14(11-32-21)4-7-16-18(25)2-1-3-19(16)26/h1-3,5-6,8-11,13,35H,12,30-31H2/b33-13-. The summed E-state index contributed by atoms with van der Waals surface area (Å²) in [7, 11) is 0. The highest BCUT2D eigenvalue weighted by molar-refractivity contribution is 5.54. The van der Waals surface area contributed by atoms with Gasteiger partial charge in [-0.2, -0.15) is 13.9 Å². The largest absolute Gasteiger partial charge is 0.377 e. The van der Waals surface area contributed by atoms with E-state index in [4.69, 9.17) is 11.7 Å². The van der Waals surface area contributed by atoms with Gasteiger partial charge in [-0.15, -0.1) is 0 Å². The van der Waals surface area contributed by atoms with Crippen molar-refractivity contribution in [2.45, 2.75) is 11.5 Å². The summed E-state index contributed by atoms with van der Waals surface area (Å²) >= 11 is 0. The smallest absolute Gasteiger partial charge is 0.323 e. The molecule has 1 unspecified atom stereocenters. The Bertz CT molecular complexity index is 1290. The van der Waals surface area contributed by atoms with Crippen molar-refractivity contribution in [2.24, 2.45) is 16.8 Å². The number of hydrogen-bond donors (Lipinski definition) is 3. The highest BCUT2D eigenvalue weighted by Crippen LogP contribution is 2.45. The molecule has 12 heteroatoms. The lowest BCUT2D eigenvalue weighted by atomic mass is 9.84. The summed E-state index contributed by atoms with van der Waals surface area (Å²) in [4.78, 5) is 3.59. The zero-order chi connectivity index (χ0) is 25.8. The molecule has 35 heavy (non-hydrogen) atoms. The van der Waals surface area contributed by atoms with E-state index in [1.165, 1.54) is 0 Å². The van der Waals surface area contributed by atoms with Crippen LogP contribution in [0, 0.1) is 35.1 Å². The van der Waals surface area contributed by atoms with Crippen molar-refractivity contribution in [3.05, 3.63) is 100 Å². The van der Waals surface area contributed by atoms with Gasteiger partial charge in [0.05, 0.1) is 12.1 Å². The minimum absolute atomic E-state index is 0.0134. The van der Waals surface area contributed by atoms with Crippen LogP contribution < -0.4 is 11.7 Å². The molecule has 1 atom stereocenters. The summed E-state index contributed by atoms with van der Waals surface area (Å²) in [6, 6.07) is 6.65. The lowest BCUT2D eigenvalue weighted by molar-refractivity contribution is -0.203. The molecule has 0 fully saturated rings. The Morgan fingerprint density at radius 2 is 1.69 bits per heavy atom. The maximum Gasteiger partial charge on any atom is 0.323 e. The van der Waals surface area contributed by atoms with Crippen molar-refractivity contribution >= 4 is 6.34 Å². The van der Waals surface area contributed by atoms with Crippen LogP contribution in [0.5, 0.6) is 0 Å². The fourth-order valence-corrected chi connectivity index (χ4v) is 3.19. The molecule has 0 aliphatic heterocycles. The van der Waals surface area contributed by atoms with Crippen LogP contribution in [0.3, 0.4) is 0 Å². The fourth-order valence-electron chi connectivity index (χ4n) is 3.19. The van der Waals surface area contributed by atoms with Crippen molar-refractivity contribution in [3.8, 4) is 11.8 Å². The van der Waals surface area contributed by atoms with Gasteiger partial charge < -0.3 is 10.9 Å². The number of rotatable bonds is 6. The summed E-state index contributed by atoms with van der Waals surface area (Å²) < 4.78 is 86.5. The zero-order valence-electron chi connectivity index (χ0n) is 17.7. The van der Waals surface area contributed by atoms with Crippen molar-refractivity contribution in [3.63, 3.8) is 0 Å². The third-order valence-corrected chi connectivity index (χ3v) is 4.90. The number of nitrogens with zero attached hydrogens (tertiary/aromatic N) is 3. The summed E-state index contributed by atoms with van der Waals surface area (Å²) in [5.74, 6) is 6.48. The van der Waals surface area contributed by atoms with Gasteiger partial charge in [0.2, 0.25) is 0 Å². The molecule has 0 aliphatic rings. The number of aliphatic hydroxyl groups is 1. The van der Waals surface area contributed by atoms with Crippen LogP contribution in [-0.4, -0.2) is 28.0 Å². The van der Waals surface area contributed by atoms with E-state index in [-0.39, 0.29) is 5.56 Å². The van der Waals surface area contributed by atoms with Crippen molar-refractivity contribution < 1.29 is 31.4 Å². The van der Waals surface area contributed by atoms with Gasteiger partial charge in [0.1, 0.15) is 35.3 Å². The predicted octanol–water partition coefficient (Wildman–Crippen LogP) is 3.10. The van der Waals surface area contributed by atoms with Gasteiger partial charge in [0.15, 0.2) is 5.60 Å². The number of halogens is 6. The Hall–Kier alpha value is -4.08. The van der Waals surface area contributed by atoms with Gasteiger partial charge in [-0.1, -0.05) is 17.9 Å². The summed E-state index contributed by atoms with van der Waals surface area (Å²) in [5.41, 5.74) is -5.86. The first-order valence-corrected chi connectivity index (χ1v) is 9.72. The predicted molar refractivity (Wildman–Crippen MR) is 114 cm³/mol. The Morgan fingerprint density at radius 1 is 1.00 bits per heavy atom. The normalized spacial score (nSPS) is 13.3. The molecule has 3 rings (SSSR count). The zero-order valence-corrected chi connectivity index (χ0v) is 17.7. The van der Waals surface area contributed by atoms with Gasteiger partial charge in [-0.3, -0.25) is 9.99 Å². The number of pyridine rings is 1. The highest BCUT2D eigenvalue weighted by atomic mass is 19.3. The van der Waals surface area contributed by atoms with E-state index in [2.05, 4.69) is 21.9 Å². The Morgan fingerprint density at radius 3 is 2.26 bits per heavy atom. The Labute approximate surface area is 195 Å². The monoisotopic (exact) mass is 493 g/mol. The van der Waals surface area contributed by atoms with Crippen LogP contribution in [0.2, 0.25) is 0 Å². The van der Waals surface area contributed by atoms with E-state index in [0.717, 1.165) is 36.5 Å². The third-order valence-electron chi connectivity index (χ3n) is 4.90. The fraction of sp³-hybridized carbons (Fsp3) is 0.130. The number of alkyl halides is 2. The SMILES string of the molecule is N/N=C\N(N)CC(O)(c1ccc(F)cc1F)C(F)(F)c1ccc(C#Cc2c(F)cccc2F)cn1. The average molecular weight is 493 g/mol. The number of nitrogens with two attached hydrogens (primary N) is 2. The molecule has 2 aromatic carbocycles. The maximum absolute atomic E-state index is 15.6. The van der Waals surface area contributed by atoms with E-state index < -0.39 is 58.2 Å². The van der Waals surface area contributed by atoms with Gasteiger partial charge in [-0.25, -0.2) is 23.4 Å². The molecule has 0 radical (unpaired) electrons. The van der Waals surface area contributed by atoms with Crippen LogP contribution in [0.15, 0.2) is 59.8 Å². The molecular weight excluding hydrogens is 476 g/mol. The van der Waals surface area contributed by atoms with Crippen molar-refractivity contribution in [1.29, 1.82) is 0 Å². The second-order valence-electron chi connectivity index (χ2n) is 7.27. The van der Waals surface area contributed by atoms with E-state index in [0.29, 0.717) is 29.5 Å². The molecule has 0 saturated carbocycles. The first kappa shape index (κ1) is 25.5. The highest BCUT2D eigenvalue weighted by Gasteiger charge is 2.58. The molecule has 0 bridgehead atoms. The minimum Gasteiger partial charge on any atom is -0.377 e. The van der Waals surface area contributed by atoms with E-state index >= 15 is 8.78 Å². The summed E-state index contributed by atoms with van der Waals surface area (Å²) in [6.07, 6.45) is 1.58. The molecule has 1 heterocycles. The number of benzene rings is 2. The van der Waals surface area contributed by atoms with Crippen molar-refractivity contribution in [2.75, 3.05) is 6.54 Å². The van der Waals surface area contributed by atoms with Crippen LogP contribution in [0.1, 0.15) is 22.4 Å². The van der Waals surface area contributed by atoms with Crippen LogP contribution in [-0.2, 0) is 11.5 Å². The quantitative estimate of drug-likeness (QED) is 0.122. The van der Waals surface area contributed by atoms with Gasteiger partial charge >= 0.3 is 5.92 Å². The number of hydrazone groups is 1. The second-order valence-corrected chi connectivity index (χ2v) is 7.27. The number of hydrogen-bond acceptors (Lipinski definition) is 5. The second kappa shape index (κ2) is 10.0. The summed E-state index contributed by atoms with van der Waals surface area (Å²) in [6.45, 7) is -1.13. The van der Waals surface area contributed by atoms with E-state index in [9.17, 15) is 22.7 Å². The van der Waals surface area contributed by atoms with Crippen molar-refractivity contribution in [1.82, 2.24) is 9.99 Å². The molecule has 0 spiro atoms. The number of aromatic nitrogens is 1. The lowest BCUT2D eigenvalue weighted by Crippen LogP contribution is -2.53. The molecule has 0 saturated heterocycles. The molecule has 1 aromatic heterocycles. The molecule has 182 valence electrons. The molecule has 3 aromatic rings. The first-order valence-electron chi connectivity index (χ1n) is 9.72. The van der Waals surface area contributed by atoms with Gasteiger partial charge in [0.25, 0.3) is 0 Å². The third kappa shape index (κ3) is 5.21. The maximum atomic E-state index is 15.6. The average Bonchev–Trinajstić information content (AvgIpc) is 2.79. The Balaban J connectivity index is 2.03. The summed E-state index contributed by atoms with van der Waals surface area (Å²) in [5, 5.41) is 14.6. The molecule has 0 amide bonds. The minimum atomic E-state index is -4.30. The van der Waals surface area contributed by atoms with Crippen LogP contribution >= 0.6 is 0 Å². The van der Waals surface area contributed by atoms with Gasteiger partial charge in [-0.05, 0) is 36.4 Å². The Kier molecular flexibility index (Phi) is 7.33. The molecular formula is C23H17F6N5O. The molecule has 0 aliphatic carbocycles. The molecule has 6 nitrogen and oxygen atoms in total. The molecule has 5 N–H and O–H groups in total. The lowest BCUT2D eigenvalue weighted by Gasteiger charge is -2.37. The van der Waals surface area contributed by atoms with E-state index in [1.807, 2.05) is 0 Å². The van der Waals surface area contributed by atoms with Crippen LogP contribution in [0.25, 0.3) is 0 Å². The number of hydrazine groups is 1. The first-order chi connectivity index (χ1) is 16.5. The van der Waals surface area contributed by atoms with Crippen LogP contribution in [0.4, 0.5) is 26.3 Å². The van der Waals surface area contributed by atoms with Gasteiger partial charge in [0, 0.05) is 23.4 Å².